The highest BCUT2D eigenvalue weighted by Crippen LogP contribution is 2.35. The van der Waals surface area contributed by atoms with Crippen LogP contribution in [-0.4, -0.2) is 46.8 Å². The summed E-state index contributed by atoms with van der Waals surface area (Å²) in [6, 6.07) is 7.13. The zero-order valence-electron chi connectivity index (χ0n) is 16.2. The minimum Gasteiger partial charge on any atom is -0.465 e. The number of hydrogen-bond donors (Lipinski definition) is 0. The Morgan fingerprint density at radius 3 is 2.38 bits per heavy atom. The second-order valence-corrected chi connectivity index (χ2v) is 7.40. The summed E-state index contributed by atoms with van der Waals surface area (Å²) in [4.78, 5) is 51.1. The number of esters is 1. The molecule has 1 aliphatic heterocycles. The van der Waals surface area contributed by atoms with Gasteiger partial charge in [-0.3, -0.25) is 23.9 Å². The number of carbonyl (C=O) groups is 4. The summed E-state index contributed by atoms with van der Waals surface area (Å²) in [7, 11) is 1.30. The van der Waals surface area contributed by atoms with Gasteiger partial charge in [0.2, 0.25) is 17.7 Å². The number of para-hydroxylation sites is 1. The molecule has 0 radical (unpaired) electrons. The predicted molar refractivity (Wildman–Crippen MR) is 105 cm³/mol. The van der Waals surface area contributed by atoms with Crippen molar-refractivity contribution in [1.82, 2.24) is 9.47 Å². The van der Waals surface area contributed by atoms with Crippen LogP contribution >= 0.6 is 0 Å². The van der Waals surface area contributed by atoms with Crippen molar-refractivity contribution in [3.63, 3.8) is 0 Å². The molecule has 1 aliphatic carbocycles. The van der Waals surface area contributed by atoms with Gasteiger partial charge in [-0.2, -0.15) is 0 Å². The Morgan fingerprint density at radius 1 is 1.07 bits per heavy atom. The maximum absolute atomic E-state index is 12.8. The molecule has 1 saturated heterocycles. The third-order valence-corrected chi connectivity index (χ3v) is 5.76. The molecule has 2 amide bonds. The van der Waals surface area contributed by atoms with Gasteiger partial charge in [0.25, 0.3) is 0 Å². The van der Waals surface area contributed by atoms with E-state index in [9.17, 15) is 19.2 Å². The highest BCUT2D eigenvalue weighted by molar-refractivity contribution is 6.07. The largest absolute Gasteiger partial charge is 0.465 e. The Balaban J connectivity index is 1.45. The van der Waals surface area contributed by atoms with Crippen LogP contribution in [0.15, 0.2) is 42.6 Å². The Labute approximate surface area is 167 Å². The fraction of sp³-hybridized carbons (Fsp3) is 0.364. The molecule has 2 heterocycles. The minimum absolute atomic E-state index is 0.129. The Hall–Kier alpha value is -3.22. The van der Waals surface area contributed by atoms with E-state index in [1.807, 2.05) is 12.2 Å². The quantitative estimate of drug-likeness (QED) is 0.442. The first-order chi connectivity index (χ1) is 14.0. The fourth-order valence-corrected chi connectivity index (χ4v) is 4.26. The molecule has 0 bridgehead atoms. The predicted octanol–water partition coefficient (Wildman–Crippen LogP) is 2.80. The maximum atomic E-state index is 12.8. The second-order valence-electron chi connectivity index (χ2n) is 7.40. The van der Waals surface area contributed by atoms with Crippen LogP contribution in [0.5, 0.6) is 0 Å². The van der Waals surface area contributed by atoms with Crippen molar-refractivity contribution < 1.29 is 23.9 Å². The number of carbonyl (C=O) groups excluding carboxylic acids is 4. The number of amides is 2. The summed E-state index contributed by atoms with van der Waals surface area (Å²) < 4.78 is 6.25. The van der Waals surface area contributed by atoms with Crippen molar-refractivity contribution in [2.75, 3.05) is 13.7 Å². The van der Waals surface area contributed by atoms with Gasteiger partial charge in [0.1, 0.15) is 0 Å². The molecule has 0 saturated carbocycles. The van der Waals surface area contributed by atoms with Gasteiger partial charge in [-0.05, 0) is 25.3 Å². The molecule has 0 N–H and O–H groups in total. The van der Waals surface area contributed by atoms with Crippen molar-refractivity contribution in [2.24, 2.45) is 11.8 Å². The first-order valence-electron chi connectivity index (χ1n) is 9.74. The van der Waals surface area contributed by atoms with Crippen LogP contribution < -0.4 is 0 Å². The van der Waals surface area contributed by atoms with Crippen LogP contribution in [0, 0.1) is 11.8 Å². The number of rotatable bonds is 5. The van der Waals surface area contributed by atoms with Gasteiger partial charge in [0.05, 0.1) is 30.0 Å². The van der Waals surface area contributed by atoms with Crippen LogP contribution in [0.2, 0.25) is 0 Å². The topological polar surface area (TPSA) is 85.7 Å². The van der Waals surface area contributed by atoms with Gasteiger partial charge >= 0.3 is 5.97 Å². The standard InChI is InChI=1S/C22H22N2O5/c1-29-22(28)17-13-24(18-10-5-4-7-14(17)18)19(25)11-6-12-23-20(26)15-8-2-3-9-16(15)21(23)27/h2-5,7,10,13,15-16H,6,8-9,11-12H2,1H3/t15-,16+. The lowest BCUT2D eigenvalue weighted by molar-refractivity contribution is -0.139. The van der Waals surface area contributed by atoms with E-state index in [1.54, 1.807) is 24.3 Å². The minimum atomic E-state index is -0.503. The molecule has 1 aromatic heterocycles. The Bertz CT molecular complexity index is 1010. The molecule has 2 aromatic rings. The van der Waals surface area contributed by atoms with Crippen LogP contribution in [0.1, 0.15) is 40.8 Å². The number of likely N-dealkylation sites (tertiary alicyclic amines) is 1. The summed E-state index contributed by atoms with van der Waals surface area (Å²) in [5.41, 5.74) is 0.959. The molecule has 7 heteroatoms. The van der Waals surface area contributed by atoms with Crippen molar-refractivity contribution in [1.29, 1.82) is 0 Å². The lowest BCUT2D eigenvalue weighted by atomic mass is 9.85. The number of fused-ring (bicyclic) bond motifs is 2. The first kappa shape index (κ1) is 19.1. The lowest BCUT2D eigenvalue weighted by Gasteiger charge is -2.14. The van der Waals surface area contributed by atoms with E-state index in [0.717, 1.165) is 0 Å². The number of allylic oxidation sites excluding steroid dienone is 2. The molecule has 0 unspecified atom stereocenters. The SMILES string of the molecule is COC(=O)c1cn(C(=O)CCCN2C(=O)[C@H]3CC=CC[C@H]3C2=O)c2ccccc12. The highest BCUT2D eigenvalue weighted by atomic mass is 16.5. The smallest absolute Gasteiger partial charge is 0.340 e. The number of methoxy groups -OCH3 is 1. The summed E-state index contributed by atoms with van der Waals surface area (Å²) >= 11 is 0. The van der Waals surface area contributed by atoms with Crippen LogP contribution in [0.25, 0.3) is 10.9 Å². The molecule has 29 heavy (non-hydrogen) atoms. The molecule has 150 valence electrons. The van der Waals surface area contributed by atoms with Crippen LogP contribution in [0.4, 0.5) is 0 Å². The normalized spacial score (nSPS) is 20.9. The molecular weight excluding hydrogens is 372 g/mol. The van der Waals surface area contributed by atoms with E-state index >= 15 is 0 Å². The Morgan fingerprint density at radius 2 is 1.72 bits per heavy atom. The van der Waals surface area contributed by atoms with E-state index < -0.39 is 5.97 Å². The van der Waals surface area contributed by atoms with Crippen LogP contribution in [-0.2, 0) is 14.3 Å². The van der Waals surface area contributed by atoms with E-state index in [2.05, 4.69) is 0 Å². The second kappa shape index (κ2) is 7.66. The van der Waals surface area contributed by atoms with Gasteiger partial charge in [-0.25, -0.2) is 4.79 Å². The van der Waals surface area contributed by atoms with Gasteiger partial charge < -0.3 is 4.74 Å². The van der Waals surface area contributed by atoms with E-state index in [-0.39, 0.29) is 42.5 Å². The number of imide groups is 1. The molecule has 2 aliphatic rings. The van der Waals surface area contributed by atoms with Crippen molar-refractivity contribution in [3.05, 3.63) is 48.2 Å². The van der Waals surface area contributed by atoms with E-state index in [1.165, 1.54) is 22.8 Å². The summed E-state index contributed by atoms with van der Waals surface area (Å²) in [5, 5.41) is 0.647. The molecule has 4 rings (SSSR count). The van der Waals surface area contributed by atoms with Gasteiger partial charge in [-0.15, -0.1) is 0 Å². The molecule has 0 spiro atoms. The monoisotopic (exact) mass is 394 g/mol. The van der Waals surface area contributed by atoms with Crippen molar-refractivity contribution in [3.8, 4) is 0 Å². The zero-order valence-corrected chi connectivity index (χ0v) is 16.2. The zero-order chi connectivity index (χ0) is 20.5. The maximum Gasteiger partial charge on any atom is 0.340 e. The Kier molecular flexibility index (Phi) is 5.05. The first-order valence-corrected chi connectivity index (χ1v) is 9.74. The average molecular weight is 394 g/mol. The number of nitrogens with zero attached hydrogens (tertiary/aromatic N) is 2. The average Bonchev–Trinajstić information content (AvgIpc) is 3.25. The van der Waals surface area contributed by atoms with E-state index in [0.29, 0.717) is 35.7 Å². The molecular formula is C22H22N2O5. The van der Waals surface area contributed by atoms with Crippen molar-refractivity contribution in [2.45, 2.75) is 25.7 Å². The summed E-state index contributed by atoms with van der Waals surface area (Å²) in [6.45, 7) is 0.236. The van der Waals surface area contributed by atoms with Crippen LogP contribution in [0.3, 0.4) is 0 Å². The van der Waals surface area contributed by atoms with Crippen molar-refractivity contribution >= 4 is 34.6 Å². The number of hydrogen-bond acceptors (Lipinski definition) is 5. The summed E-state index contributed by atoms with van der Waals surface area (Å²) in [5.74, 6) is -1.46. The van der Waals surface area contributed by atoms with Gasteiger partial charge in [-0.1, -0.05) is 30.4 Å². The summed E-state index contributed by atoms with van der Waals surface area (Å²) in [6.07, 6.45) is 7.15. The third-order valence-electron chi connectivity index (χ3n) is 5.76. The molecule has 7 nitrogen and oxygen atoms in total. The molecule has 2 atom stereocenters. The van der Waals surface area contributed by atoms with Gasteiger partial charge in [0, 0.05) is 24.5 Å². The molecule has 1 fully saturated rings. The molecule has 1 aromatic carbocycles. The number of aromatic nitrogens is 1. The van der Waals surface area contributed by atoms with E-state index in [4.69, 9.17) is 4.74 Å². The highest BCUT2D eigenvalue weighted by Gasteiger charge is 2.46. The number of benzene rings is 1. The fourth-order valence-electron chi connectivity index (χ4n) is 4.26. The third kappa shape index (κ3) is 3.26. The van der Waals surface area contributed by atoms with Gasteiger partial charge in [0.15, 0.2) is 0 Å². The lowest BCUT2D eigenvalue weighted by Crippen LogP contribution is -2.32. The number of ether oxygens (including phenoxy) is 1.